The summed E-state index contributed by atoms with van der Waals surface area (Å²) in [6, 6.07) is 12.8. The first-order valence-electron chi connectivity index (χ1n) is 5.51. The third kappa shape index (κ3) is 3.53. The van der Waals surface area contributed by atoms with Gasteiger partial charge in [-0.25, -0.2) is 0 Å². The fourth-order valence-corrected chi connectivity index (χ4v) is 2.70. The lowest BCUT2D eigenvalue weighted by atomic mass is 10.2. The number of thioether (sulfide) groups is 1. The van der Waals surface area contributed by atoms with E-state index in [1.165, 1.54) is 0 Å². The molecule has 0 aliphatic rings. The summed E-state index contributed by atoms with van der Waals surface area (Å²) in [5, 5.41) is 3.47. The molecule has 98 valence electrons. The zero-order valence-electron chi connectivity index (χ0n) is 10.1. The normalized spacial score (nSPS) is 10.3. The Balaban J connectivity index is 2.23. The van der Waals surface area contributed by atoms with Gasteiger partial charge in [-0.2, -0.15) is 0 Å². The van der Waals surface area contributed by atoms with Crippen molar-refractivity contribution >= 4 is 50.9 Å². The molecule has 0 bridgehead atoms. The van der Waals surface area contributed by atoms with Crippen molar-refractivity contribution in [2.24, 2.45) is 0 Å². The quantitative estimate of drug-likeness (QED) is 0.777. The fraction of sp³-hybridized carbons (Fsp3) is 0.0714. The summed E-state index contributed by atoms with van der Waals surface area (Å²) in [7, 11) is 0. The van der Waals surface area contributed by atoms with Crippen LogP contribution in [-0.4, -0.2) is 12.2 Å². The predicted octanol–water partition coefficient (Wildman–Crippen LogP) is 5.08. The smallest absolute Gasteiger partial charge is 0.256 e. The van der Waals surface area contributed by atoms with Crippen LogP contribution in [0, 0.1) is 0 Å². The maximum absolute atomic E-state index is 12.2. The minimum absolute atomic E-state index is 0.126. The van der Waals surface area contributed by atoms with Crippen LogP contribution in [0.3, 0.4) is 0 Å². The van der Waals surface area contributed by atoms with Gasteiger partial charge >= 0.3 is 0 Å². The highest BCUT2D eigenvalue weighted by Gasteiger charge is 2.11. The predicted molar refractivity (Wildman–Crippen MR) is 85.3 cm³/mol. The van der Waals surface area contributed by atoms with Gasteiger partial charge < -0.3 is 5.32 Å². The van der Waals surface area contributed by atoms with E-state index in [0.717, 1.165) is 9.37 Å². The lowest BCUT2D eigenvalue weighted by Gasteiger charge is -2.09. The van der Waals surface area contributed by atoms with E-state index in [0.29, 0.717) is 16.3 Å². The van der Waals surface area contributed by atoms with Gasteiger partial charge in [-0.05, 0) is 52.5 Å². The molecule has 0 aliphatic heterocycles. The highest BCUT2D eigenvalue weighted by Crippen LogP contribution is 2.26. The minimum Gasteiger partial charge on any atom is -0.322 e. The first-order chi connectivity index (χ1) is 9.11. The fourth-order valence-electron chi connectivity index (χ4n) is 1.60. The first kappa shape index (κ1) is 14.4. The van der Waals surface area contributed by atoms with Gasteiger partial charge in [-0.1, -0.05) is 23.7 Å². The second-order valence-electron chi connectivity index (χ2n) is 3.78. The van der Waals surface area contributed by atoms with Crippen molar-refractivity contribution in [1.29, 1.82) is 0 Å². The van der Waals surface area contributed by atoms with Crippen LogP contribution in [0.1, 0.15) is 10.4 Å². The number of amides is 1. The number of hydrogen-bond donors (Lipinski definition) is 1. The van der Waals surface area contributed by atoms with Crippen molar-refractivity contribution in [2.75, 3.05) is 11.6 Å². The molecule has 19 heavy (non-hydrogen) atoms. The number of anilines is 1. The van der Waals surface area contributed by atoms with Gasteiger partial charge in [0.05, 0.1) is 10.6 Å². The number of carbonyl (C=O) groups excluding carboxylic acids is 1. The average molecular weight is 357 g/mol. The molecule has 2 aromatic rings. The van der Waals surface area contributed by atoms with Gasteiger partial charge in [0.2, 0.25) is 0 Å². The van der Waals surface area contributed by atoms with Gasteiger partial charge in [-0.3, -0.25) is 4.79 Å². The van der Waals surface area contributed by atoms with Crippen LogP contribution >= 0.6 is 39.3 Å². The molecule has 2 aromatic carbocycles. The Morgan fingerprint density at radius 3 is 2.68 bits per heavy atom. The van der Waals surface area contributed by atoms with E-state index in [1.54, 1.807) is 30.0 Å². The van der Waals surface area contributed by atoms with Crippen LogP contribution < -0.4 is 5.32 Å². The highest BCUT2D eigenvalue weighted by atomic mass is 79.9. The summed E-state index contributed by atoms with van der Waals surface area (Å²) in [5.74, 6) is -0.126. The Labute approximate surface area is 129 Å². The second-order valence-corrected chi connectivity index (χ2v) is 5.89. The largest absolute Gasteiger partial charge is 0.322 e. The molecular formula is C14H11BrClNOS. The van der Waals surface area contributed by atoms with Gasteiger partial charge in [0.1, 0.15) is 0 Å². The summed E-state index contributed by atoms with van der Waals surface area (Å²) in [6.07, 6.45) is 1.95. The molecule has 0 aromatic heterocycles. The molecule has 0 heterocycles. The molecule has 2 nitrogen and oxygen atoms in total. The van der Waals surface area contributed by atoms with Crippen molar-refractivity contribution in [1.82, 2.24) is 0 Å². The molecule has 1 N–H and O–H groups in total. The van der Waals surface area contributed by atoms with E-state index in [4.69, 9.17) is 11.6 Å². The summed E-state index contributed by atoms with van der Waals surface area (Å²) in [6.45, 7) is 0. The van der Waals surface area contributed by atoms with E-state index in [-0.39, 0.29) is 5.91 Å². The van der Waals surface area contributed by atoms with Crippen LogP contribution in [-0.2, 0) is 0 Å². The molecule has 1 amide bonds. The van der Waals surface area contributed by atoms with Crippen LogP contribution in [0.5, 0.6) is 0 Å². The second kappa shape index (κ2) is 6.46. The van der Waals surface area contributed by atoms with Crippen molar-refractivity contribution in [2.45, 2.75) is 4.90 Å². The summed E-state index contributed by atoms with van der Waals surface area (Å²) < 4.78 is 0.755. The van der Waals surface area contributed by atoms with Crippen molar-refractivity contribution < 1.29 is 4.79 Å². The molecule has 0 unspecified atom stereocenters. The maximum Gasteiger partial charge on any atom is 0.256 e. The molecule has 2 rings (SSSR count). The number of rotatable bonds is 3. The Morgan fingerprint density at radius 2 is 2.00 bits per heavy atom. The molecule has 5 heteroatoms. The maximum atomic E-state index is 12.2. The molecule has 0 atom stereocenters. The molecule has 0 radical (unpaired) electrons. The molecule has 0 aliphatic carbocycles. The number of benzene rings is 2. The minimum atomic E-state index is -0.126. The zero-order valence-corrected chi connectivity index (χ0v) is 13.3. The lowest BCUT2D eigenvalue weighted by molar-refractivity contribution is 0.102. The number of halogens is 2. The summed E-state index contributed by atoms with van der Waals surface area (Å²) >= 11 is 10.8. The van der Waals surface area contributed by atoms with E-state index in [2.05, 4.69) is 21.2 Å². The van der Waals surface area contributed by atoms with E-state index < -0.39 is 0 Å². The molecule has 0 saturated heterocycles. The number of nitrogens with one attached hydrogen (secondary N) is 1. The highest BCUT2D eigenvalue weighted by molar-refractivity contribution is 9.10. The van der Waals surface area contributed by atoms with Crippen LogP contribution in [0.2, 0.25) is 5.02 Å². The SMILES string of the molecule is CSc1ccccc1C(=O)Nc1ccc(Cl)c(Br)c1. The van der Waals surface area contributed by atoms with Crippen LogP contribution in [0.4, 0.5) is 5.69 Å². The van der Waals surface area contributed by atoms with Crippen LogP contribution in [0.15, 0.2) is 51.8 Å². The van der Waals surface area contributed by atoms with E-state index in [9.17, 15) is 4.79 Å². The van der Waals surface area contributed by atoms with Crippen LogP contribution in [0.25, 0.3) is 0 Å². The van der Waals surface area contributed by atoms with Crippen molar-refractivity contribution in [3.8, 4) is 0 Å². The van der Waals surface area contributed by atoms with Gasteiger partial charge in [0, 0.05) is 15.1 Å². The summed E-state index contributed by atoms with van der Waals surface area (Å²) in [5.41, 5.74) is 1.37. The third-order valence-electron chi connectivity index (χ3n) is 2.53. The van der Waals surface area contributed by atoms with E-state index in [1.807, 2.05) is 30.5 Å². The average Bonchev–Trinajstić information content (AvgIpc) is 2.43. The Morgan fingerprint density at radius 1 is 1.26 bits per heavy atom. The molecular weight excluding hydrogens is 346 g/mol. The first-order valence-corrected chi connectivity index (χ1v) is 7.91. The Bertz CT molecular complexity index is 618. The van der Waals surface area contributed by atoms with Gasteiger partial charge in [-0.15, -0.1) is 11.8 Å². The number of carbonyl (C=O) groups is 1. The monoisotopic (exact) mass is 355 g/mol. The molecule has 0 fully saturated rings. The van der Waals surface area contributed by atoms with Crippen molar-refractivity contribution in [3.05, 3.63) is 57.5 Å². The molecule has 0 saturated carbocycles. The topological polar surface area (TPSA) is 29.1 Å². The van der Waals surface area contributed by atoms with Gasteiger partial charge in [0.15, 0.2) is 0 Å². The number of hydrogen-bond acceptors (Lipinski definition) is 2. The van der Waals surface area contributed by atoms with Crippen molar-refractivity contribution in [3.63, 3.8) is 0 Å². The standard InChI is InChI=1S/C14H11BrClNOS/c1-19-13-5-3-2-4-10(13)14(18)17-9-6-7-12(16)11(15)8-9/h2-8H,1H3,(H,17,18). The summed E-state index contributed by atoms with van der Waals surface area (Å²) in [4.78, 5) is 13.2. The van der Waals surface area contributed by atoms with Gasteiger partial charge in [0.25, 0.3) is 5.91 Å². The Kier molecular flexibility index (Phi) is 4.91. The zero-order chi connectivity index (χ0) is 13.8. The molecule has 0 spiro atoms. The van der Waals surface area contributed by atoms with E-state index >= 15 is 0 Å². The Hall–Kier alpha value is -0.970. The lowest BCUT2D eigenvalue weighted by Crippen LogP contribution is -2.12. The third-order valence-corrected chi connectivity index (χ3v) is 4.54.